The molecule has 1 aliphatic heterocycles. The number of nitrogens with one attached hydrogen (secondary N) is 2. The van der Waals surface area contributed by atoms with Crippen molar-refractivity contribution in [2.24, 2.45) is 7.05 Å². The lowest BCUT2D eigenvalue weighted by atomic mass is 10.0. The molecule has 0 bridgehead atoms. The molecular weight excluding hydrogens is 418 g/mol. The Bertz CT molecular complexity index is 1110. The van der Waals surface area contributed by atoms with Gasteiger partial charge in [-0.1, -0.05) is 6.07 Å². The van der Waals surface area contributed by atoms with E-state index >= 15 is 0 Å². The molecule has 12 nitrogen and oxygen atoms in total. The molecule has 1 saturated heterocycles. The minimum atomic E-state index is -0.570. The van der Waals surface area contributed by atoms with E-state index in [-0.39, 0.29) is 30.4 Å². The summed E-state index contributed by atoms with van der Waals surface area (Å²) in [5, 5.41) is 24.6. The number of H-pyrrole nitrogens is 1. The molecule has 3 aromatic heterocycles. The molecule has 0 saturated carbocycles. The Labute approximate surface area is 182 Å². The molecule has 32 heavy (non-hydrogen) atoms. The SMILES string of the molecule is Cn1ncc2c(=O)[nH]c(CN3C[C@H](O)C[C@H](NC(=O)Cc4cccnc4)C3)nc21.O=CO. The summed E-state index contributed by atoms with van der Waals surface area (Å²) < 4.78 is 1.56. The third-order valence-electron chi connectivity index (χ3n) is 4.98. The summed E-state index contributed by atoms with van der Waals surface area (Å²) in [6.45, 7) is 1.12. The highest BCUT2D eigenvalue weighted by atomic mass is 16.3. The van der Waals surface area contributed by atoms with Crippen molar-refractivity contribution in [2.45, 2.75) is 31.5 Å². The van der Waals surface area contributed by atoms with Crippen LogP contribution < -0.4 is 10.9 Å². The minimum absolute atomic E-state index is 0.111. The average molecular weight is 443 g/mol. The Hall–Kier alpha value is -3.64. The van der Waals surface area contributed by atoms with Crippen molar-refractivity contribution in [3.05, 3.63) is 52.5 Å². The highest BCUT2D eigenvalue weighted by Crippen LogP contribution is 2.14. The zero-order chi connectivity index (χ0) is 23.1. The van der Waals surface area contributed by atoms with Gasteiger partial charge in [-0.15, -0.1) is 0 Å². The van der Waals surface area contributed by atoms with Gasteiger partial charge in [0.05, 0.1) is 25.3 Å². The maximum atomic E-state index is 12.3. The van der Waals surface area contributed by atoms with Gasteiger partial charge in [0, 0.05) is 38.6 Å². The molecule has 4 rings (SSSR count). The van der Waals surface area contributed by atoms with Gasteiger partial charge in [0.15, 0.2) is 5.65 Å². The fraction of sp³-hybridized carbons (Fsp3) is 0.400. The fourth-order valence-corrected chi connectivity index (χ4v) is 3.73. The second kappa shape index (κ2) is 10.6. The minimum Gasteiger partial charge on any atom is -0.483 e. The standard InChI is InChI=1S/C19H23N7O3.CH2O2/c1-25-18-15(8-21-25)19(29)24-16(23-18)11-26-9-13(6-14(27)10-26)22-17(28)5-12-3-2-4-20-7-12;2-1-3/h2-4,7-8,13-14,27H,5-6,9-11H2,1H3,(H,22,28)(H,23,24,29);1H,(H,2,3)/t13-,14+;/m0./s1. The second-order valence-corrected chi connectivity index (χ2v) is 7.51. The van der Waals surface area contributed by atoms with Gasteiger partial charge in [-0.25, -0.2) is 4.98 Å². The normalized spacial score (nSPS) is 18.6. The highest BCUT2D eigenvalue weighted by molar-refractivity contribution is 5.78. The lowest BCUT2D eigenvalue weighted by Crippen LogP contribution is -2.52. The van der Waals surface area contributed by atoms with Gasteiger partial charge in [0.25, 0.3) is 12.0 Å². The van der Waals surface area contributed by atoms with Crippen LogP contribution in [0.5, 0.6) is 0 Å². The molecule has 0 unspecified atom stereocenters. The van der Waals surface area contributed by atoms with E-state index < -0.39 is 6.10 Å². The van der Waals surface area contributed by atoms with Crippen LogP contribution in [-0.2, 0) is 29.6 Å². The first-order chi connectivity index (χ1) is 15.4. The Morgan fingerprint density at radius 1 is 1.38 bits per heavy atom. The number of aryl methyl sites for hydroxylation is 1. The van der Waals surface area contributed by atoms with E-state index in [2.05, 4.69) is 25.4 Å². The van der Waals surface area contributed by atoms with Crippen molar-refractivity contribution in [1.29, 1.82) is 0 Å². The number of hydrogen-bond donors (Lipinski definition) is 4. The van der Waals surface area contributed by atoms with Crippen LogP contribution in [0.1, 0.15) is 17.8 Å². The van der Waals surface area contributed by atoms with Gasteiger partial charge in [-0.3, -0.25) is 28.9 Å². The van der Waals surface area contributed by atoms with E-state index in [1.807, 2.05) is 11.0 Å². The lowest BCUT2D eigenvalue weighted by Gasteiger charge is -2.35. The van der Waals surface area contributed by atoms with Crippen molar-refractivity contribution in [3.63, 3.8) is 0 Å². The molecule has 0 aromatic carbocycles. The Morgan fingerprint density at radius 2 is 2.16 bits per heavy atom. The summed E-state index contributed by atoms with van der Waals surface area (Å²) in [4.78, 5) is 46.2. The number of aliphatic hydroxyl groups is 1. The van der Waals surface area contributed by atoms with Crippen molar-refractivity contribution in [1.82, 2.24) is 34.9 Å². The Balaban J connectivity index is 0.000000913. The predicted molar refractivity (Wildman–Crippen MR) is 114 cm³/mol. The molecular formula is C20H25N7O5. The van der Waals surface area contributed by atoms with Gasteiger partial charge < -0.3 is 20.5 Å². The monoisotopic (exact) mass is 443 g/mol. The number of piperidine rings is 1. The first kappa shape index (κ1) is 23.0. The van der Waals surface area contributed by atoms with Crippen LogP contribution in [-0.4, -0.2) is 77.5 Å². The number of nitrogens with zero attached hydrogens (tertiary/aromatic N) is 5. The molecule has 1 amide bonds. The van der Waals surface area contributed by atoms with Crippen LogP contribution in [0.25, 0.3) is 11.0 Å². The van der Waals surface area contributed by atoms with Crippen molar-refractivity contribution >= 4 is 23.4 Å². The summed E-state index contributed by atoms with van der Waals surface area (Å²) in [5.74, 6) is 0.389. The first-order valence-electron chi connectivity index (χ1n) is 9.97. The topological polar surface area (TPSA) is 166 Å². The largest absolute Gasteiger partial charge is 0.483 e. The van der Waals surface area contributed by atoms with E-state index in [0.29, 0.717) is 42.9 Å². The zero-order valence-corrected chi connectivity index (χ0v) is 17.5. The summed E-state index contributed by atoms with van der Waals surface area (Å²) in [6.07, 6.45) is 4.98. The molecule has 0 aliphatic carbocycles. The van der Waals surface area contributed by atoms with Crippen LogP contribution in [0.15, 0.2) is 35.5 Å². The van der Waals surface area contributed by atoms with Gasteiger partial charge in [0.1, 0.15) is 11.2 Å². The van der Waals surface area contributed by atoms with Gasteiger partial charge >= 0.3 is 0 Å². The Kier molecular flexibility index (Phi) is 7.63. The number of fused-ring (bicyclic) bond motifs is 1. The number of hydrogen-bond acceptors (Lipinski definition) is 8. The van der Waals surface area contributed by atoms with Crippen LogP contribution in [0.3, 0.4) is 0 Å². The summed E-state index contributed by atoms with van der Waals surface area (Å²) in [5.41, 5.74) is 1.11. The molecule has 0 radical (unpaired) electrons. The van der Waals surface area contributed by atoms with Crippen LogP contribution >= 0.6 is 0 Å². The fourth-order valence-electron chi connectivity index (χ4n) is 3.73. The third-order valence-corrected chi connectivity index (χ3v) is 4.98. The number of carbonyl (C=O) groups is 2. The van der Waals surface area contributed by atoms with E-state index in [1.165, 1.54) is 6.20 Å². The molecule has 4 N–H and O–H groups in total. The highest BCUT2D eigenvalue weighted by Gasteiger charge is 2.27. The number of aromatic amines is 1. The van der Waals surface area contributed by atoms with Crippen molar-refractivity contribution < 1.29 is 19.8 Å². The van der Waals surface area contributed by atoms with Crippen LogP contribution in [0.2, 0.25) is 0 Å². The molecule has 1 fully saturated rings. The lowest BCUT2D eigenvalue weighted by molar-refractivity contribution is -0.123. The molecule has 170 valence electrons. The quantitative estimate of drug-likeness (QED) is 0.363. The van der Waals surface area contributed by atoms with Gasteiger partial charge in [0.2, 0.25) is 5.91 Å². The van der Waals surface area contributed by atoms with E-state index in [9.17, 15) is 14.7 Å². The van der Waals surface area contributed by atoms with Gasteiger partial charge in [-0.2, -0.15) is 5.10 Å². The van der Waals surface area contributed by atoms with E-state index in [4.69, 9.17) is 9.90 Å². The third kappa shape index (κ3) is 5.95. The molecule has 1 aliphatic rings. The van der Waals surface area contributed by atoms with E-state index in [0.717, 1.165) is 5.56 Å². The number of carboxylic acid groups (broad SMARTS) is 1. The summed E-state index contributed by atoms with van der Waals surface area (Å²) in [7, 11) is 1.73. The number of likely N-dealkylation sites (tertiary alicyclic amines) is 1. The van der Waals surface area contributed by atoms with Crippen molar-refractivity contribution in [3.8, 4) is 0 Å². The van der Waals surface area contributed by atoms with Crippen LogP contribution in [0, 0.1) is 0 Å². The number of amides is 1. The molecule has 3 aromatic rings. The number of aliphatic hydroxyl groups excluding tert-OH is 1. The summed E-state index contributed by atoms with van der Waals surface area (Å²) in [6, 6.07) is 3.46. The average Bonchev–Trinajstić information content (AvgIpc) is 3.10. The molecule has 0 spiro atoms. The first-order valence-corrected chi connectivity index (χ1v) is 9.97. The van der Waals surface area contributed by atoms with Crippen LogP contribution in [0.4, 0.5) is 0 Å². The molecule has 4 heterocycles. The maximum Gasteiger partial charge on any atom is 0.290 e. The number of pyridine rings is 1. The number of aromatic nitrogens is 5. The summed E-state index contributed by atoms with van der Waals surface area (Å²) >= 11 is 0. The number of rotatable bonds is 5. The smallest absolute Gasteiger partial charge is 0.290 e. The van der Waals surface area contributed by atoms with Crippen molar-refractivity contribution in [2.75, 3.05) is 13.1 Å². The number of carbonyl (C=O) groups excluding carboxylic acids is 1. The van der Waals surface area contributed by atoms with Gasteiger partial charge in [-0.05, 0) is 18.1 Å². The Morgan fingerprint density at radius 3 is 2.88 bits per heavy atom. The maximum absolute atomic E-state index is 12.3. The zero-order valence-electron chi connectivity index (χ0n) is 17.5. The predicted octanol–water partition coefficient (Wildman–Crippen LogP) is -0.953. The number of β-amino-alcohol motifs (C(OH)–C–C–N with tert-alkyl or cyclic N) is 1. The molecule has 12 heteroatoms. The van der Waals surface area contributed by atoms with E-state index in [1.54, 1.807) is 30.2 Å². The molecule has 2 atom stereocenters. The second-order valence-electron chi connectivity index (χ2n) is 7.51.